The molecular weight excluding hydrogens is 369 g/mol. The van der Waals surface area contributed by atoms with Crippen LogP contribution in [-0.4, -0.2) is 56.9 Å². The van der Waals surface area contributed by atoms with Crippen molar-refractivity contribution in [2.45, 2.75) is 12.8 Å². The van der Waals surface area contributed by atoms with Crippen molar-refractivity contribution in [2.24, 2.45) is 5.92 Å². The molecule has 1 rings (SSSR count). The SMILES string of the molecule is C=C/C(Cl)=C\NN(C)/C(NCC1CCCN(S(C)(=O)=O)C1)=C(/F)C=N. The number of nitrogens with zero attached hydrogens (tertiary/aromatic N) is 2. The van der Waals surface area contributed by atoms with Crippen LogP contribution in [0.25, 0.3) is 0 Å². The van der Waals surface area contributed by atoms with E-state index in [1.807, 2.05) is 0 Å². The molecule has 3 N–H and O–H groups in total. The summed E-state index contributed by atoms with van der Waals surface area (Å²) < 4.78 is 38.8. The van der Waals surface area contributed by atoms with Crippen molar-refractivity contribution in [3.05, 3.63) is 35.5 Å². The van der Waals surface area contributed by atoms with E-state index < -0.39 is 15.9 Å². The standard InChI is InChI=1S/C15H25ClFN5O2S/c1-4-13(16)10-20-21(2)15(14(17)8-18)19-9-12-6-5-7-22(11-12)25(3,23)24/h4,8,10,12,18-20H,1,5-7,9,11H2,2-3H3/b13-10+,15-14+,18-8?. The molecular formula is C15H25ClFN5O2S. The third-order valence-electron chi connectivity index (χ3n) is 3.79. The van der Waals surface area contributed by atoms with Crippen molar-refractivity contribution >= 4 is 27.8 Å². The second-order valence-corrected chi connectivity index (χ2v) is 8.19. The molecule has 1 saturated heterocycles. The molecule has 1 fully saturated rings. The van der Waals surface area contributed by atoms with Crippen LogP contribution in [0.5, 0.6) is 0 Å². The highest BCUT2D eigenvalue weighted by Crippen LogP contribution is 2.18. The predicted molar refractivity (Wildman–Crippen MR) is 99.1 cm³/mol. The zero-order valence-corrected chi connectivity index (χ0v) is 16.0. The Balaban J connectivity index is 2.74. The van der Waals surface area contributed by atoms with Gasteiger partial charge in [-0.05, 0) is 24.8 Å². The summed E-state index contributed by atoms with van der Waals surface area (Å²) in [4.78, 5) is 0. The minimum Gasteiger partial charge on any atom is -0.368 e. The number of sulfonamides is 1. The normalized spacial score (nSPS) is 20.5. The molecule has 0 aromatic heterocycles. The molecule has 0 radical (unpaired) electrons. The highest BCUT2D eigenvalue weighted by molar-refractivity contribution is 7.88. The van der Waals surface area contributed by atoms with Crippen molar-refractivity contribution in [3.63, 3.8) is 0 Å². The largest absolute Gasteiger partial charge is 0.368 e. The second-order valence-electron chi connectivity index (χ2n) is 5.77. The maximum atomic E-state index is 14.0. The van der Waals surface area contributed by atoms with Crippen LogP contribution in [0.1, 0.15) is 12.8 Å². The van der Waals surface area contributed by atoms with Gasteiger partial charge in [0.1, 0.15) is 0 Å². The molecule has 0 aromatic rings. The third kappa shape index (κ3) is 7.05. The topological polar surface area (TPSA) is 88.5 Å². The van der Waals surface area contributed by atoms with Gasteiger partial charge in [-0.3, -0.25) is 5.01 Å². The Kier molecular flexibility index (Phi) is 8.40. The molecule has 0 bridgehead atoms. The number of halogens is 2. The molecule has 0 saturated carbocycles. The maximum absolute atomic E-state index is 14.0. The Labute approximate surface area is 153 Å². The van der Waals surface area contributed by atoms with Crippen LogP contribution >= 0.6 is 11.6 Å². The first-order valence-corrected chi connectivity index (χ1v) is 9.99. The number of nitrogens with one attached hydrogen (secondary N) is 3. The van der Waals surface area contributed by atoms with E-state index in [2.05, 4.69) is 17.3 Å². The van der Waals surface area contributed by atoms with E-state index in [9.17, 15) is 12.8 Å². The van der Waals surface area contributed by atoms with E-state index in [1.54, 1.807) is 7.05 Å². The van der Waals surface area contributed by atoms with Crippen LogP contribution in [0, 0.1) is 11.3 Å². The number of allylic oxidation sites excluding steroid dienone is 3. The van der Waals surface area contributed by atoms with E-state index in [-0.39, 0.29) is 11.7 Å². The number of hydrazine groups is 1. The van der Waals surface area contributed by atoms with E-state index >= 15 is 0 Å². The van der Waals surface area contributed by atoms with Crippen molar-refractivity contribution in [1.29, 1.82) is 5.41 Å². The van der Waals surface area contributed by atoms with Gasteiger partial charge in [-0.1, -0.05) is 18.2 Å². The van der Waals surface area contributed by atoms with E-state index in [0.717, 1.165) is 12.8 Å². The van der Waals surface area contributed by atoms with Crippen LogP contribution in [0.4, 0.5) is 4.39 Å². The van der Waals surface area contributed by atoms with Crippen LogP contribution in [0.15, 0.2) is 35.5 Å². The summed E-state index contributed by atoms with van der Waals surface area (Å²) in [5.74, 6) is -0.636. The molecule has 1 heterocycles. The lowest BCUT2D eigenvalue weighted by molar-refractivity contribution is 0.249. The molecule has 0 spiro atoms. The third-order valence-corrected chi connectivity index (χ3v) is 5.32. The van der Waals surface area contributed by atoms with Gasteiger partial charge in [-0.2, -0.15) is 0 Å². The van der Waals surface area contributed by atoms with Crippen molar-refractivity contribution in [2.75, 3.05) is 32.9 Å². The van der Waals surface area contributed by atoms with E-state index in [4.69, 9.17) is 17.0 Å². The molecule has 0 aliphatic carbocycles. The van der Waals surface area contributed by atoms with Gasteiger partial charge < -0.3 is 16.2 Å². The summed E-state index contributed by atoms with van der Waals surface area (Å²) in [6, 6.07) is 0. The second kappa shape index (κ2) is 9.79. The summed E-state index contributed by atoms with van der Waals surface area (Å²) >= 11 is 5.80. The Hall–Kier alpha value is -1.58. The summed E-state index contributed by atoms with van der Waals surface area (Å²) in [5, 5.41) is 11.8. The molecule has 10 heteroatoms. The predicted octanol–water partition coefficient (Wildman–Crippen LogP) is 1.74. The Morgan fingerprint density at radius 2 is 2.24 bits per heavy atom. The lowest BCUT2D eigenvalue weighted by Gasteiger charge is -2.32. The monoisotopic (exact) mass is 393 g/mol. The first-order chi connectivity index (χ1) is 11.7. The summed E-state index contributed by atoms with van der Waals surface area (Å²) in [6.07, 6.45) is 6.25. The van der Waals surface area contributed by atoms with Crippen molar-refractivity contribution in [3.8, 4) is 0 Å². The summed E-state index contributed by atoms with van der Waals surface area (Å²) in [7, 11) is -1.66. The zero-order chi connectivity index (χ0) is 19.0. The Morgan fingerprint density at radius 3 is 2.80 bits per heavy atom. The Morgan fingerprint density at radius 1 is 1.56 bits per heavy atom. The highest BCUT2D eigenvalue weighted by Gasteiger charge is 2.26. The van der Waals surface area contributed by atoms with Gasteiger partial charge in [-0.25, -0.2) is 17.1 Å². The smallest absolute Gasteiger partial charge is 0.211 e. The number of hydrogen-bond donors (Lipinski definition) is 3. The van der Waals surface area contributed by atoms with Crippen molar-refractivity contribution in [1.82, 2.24) is 20.1 Å². The van der Waals surface area contributed by atoms with Crippen LogP contribution < -0.4 is 10.7 Å². The molecule has 1 unspecified atom stereocenters. The van der Waals surface area contributed by atoms with E-state index in [0.29, 0.717) is 30.9 Å². The maximum Gasteiger partial charge on any atom is 0.211 e. The molecule has 0 aromatic carbocycles. The van der Waals surface area contributed by atoms with Crippen LogP contribution in [0.2, 0.25) is 0 Å². The lowest BCUT2D eigenvalue weighted by atomic mass is 10.00. The fraction of sp³-hybridized carbons (Fsp3) is 0.533. The fourth-order valence-electron chi connectivity index (χ4n) is 2.45. The average Bonchev–Trinajstić information content (AvgIpc) is 2.58. The fourth-order valence-corrected chi connectivity index (χ4v) is 3.44. The molecule has 7 nitrogen and oxygen atoms in total. The summed E-state index contributed by atoms with van der Waals surface area (Å²) in [5.41, 5.74) is 2.77. The van der Waals surface area contributed by atoms with Gasteiger partial charge >= 0.3 is 0 Å². The molecule has 25 heavy (non-hydrogen) atoms. The highest BCUT2D eigenvalue weighted by atomic mass is 35.5. The van der Waals surface area contributed by atoms with Gasteiger partial charge in [0, 0.05) is 32.9 Å². The van der Waals surface area contributed by atoms with Gasteiger partial charge in [0.15, 0.2) is 11.6 Å². The molecule has 0 amide bonds. The molecule has 1 aliphatic heterocycles. The minimum atomic E-state index is -3.23. The number of piperidine rings is 1. The Bertz CT molecular complexity index is 650. The van der Waals surface area contributed by atoms with Gasteiger partial charge in [0.05, 0.1) is 17.5 Å². The zero-order valence-electron chi connectivity index (χ0n) is 14.4. The summed E-state index contributed by atoms with van der Waals surface area (Å²) in [6.45, 7) is 4.80. The van der Waals surface area contributed by atoms with Gasteiger partial charge in [0.25, 0.3) is 0 Å². The quantitative estimate of drug-likeness (QED) is 0.315. The van der Waals surface area contributed by atoms with Gasteiger partial charge in [0.2, 0.25) is 10.0 Å². The lowest BCUT2D eigenvalue weighted by Crippen LogP contribution is -2.44. The van der Waals surface area contributed by atoms with Gasteiger partial charge in [-0.15, -0.1) is 0 Å². The minimum absolute atomic E-state index is 0.0534. The molecule has 142 valence electrons. The number of rotatable bonds is 9. The number of hydrogen-bond acceptors (Lipinski definition) is 6. The first kappa shape index (κ1) is 21.5. The molecule has 1 atom stereocenters. The van der Waals surface area contributed by atoms with Crippen LogP contribution in [-0.2, 0) is 10.0 Å². The average molecular weight is 394 g/mol. The molecule has 1 aliphatic rings. The van der Waals surface area contributed by atoms with Crippen LogP contribution in [0.3, 0.4) is 0 Å². The first-order valence-electron chi connectivity index (χ1n) is 7.76. The van der Waals surface area contributed by atoms with Crippen molar-refractivity contribution < 1.29 is 12.8 Å². The van der Waals surface area contributed by atoms with E-state index in [1.165, 1.54) is 27.8 Å².